The molecule has 3 rings (SSSR count). The van der Waals surface area contributed by atoms with Crippen LogP contribution in [0.25, 0.3) is 11.1 Å². The maximum atomic E-state index is 3.55. The monoisotopic (exact) mass is 393 g/mol. The number of hydrogen-bond donors (Lipinski definition) is 0. The molecular weight excluding hydrogens is 378 g/mol. The van der Waals surface area contributed by atoms with Crippen LogP contribution in [0.3, 0.4) is 0 Å². The Labute approximate surface area is 137 Å². The van der Waals surface area contributed by atoms with Crippen LogP contribution in [0.5, 0.6) is 0 Å². The van der Waals surface area contributed by atoms with E-state index in [0.29, 0.717) is 0 Å². The number of alkyl halides is 2. The van der Waals surface area contributed by atoms with Crippen LogP contribution < -0.4 is 4.90 Å². The number of fused-ring (bicyclic) bond motifs is 3. The van der Waals surface area contributed by atoms with Crippen LogP contribution in [-0.2, 0) is 6.42 Å². The number of benzene rings is 2. The van der Waals surface area contributed by atoms with Gasteiger partial charge in [0.1, 0.15) is 0 Å². The Bertz CT molecular complexity index is 604. The molecule has 0 heterocycles. The predicted molar refractivity (Wildman–Crippen MR) is 94.5 cm³/mol. The van der Waals surface area contributed by atoms with Gasteiger partial charge >= 0.3 is 0 Å². The number of rotatable bonds is 5. The van der Waals surface area contributed by atoms with Gasteiger partial charge < -0.3 is 4.90 Å². The minimum atomic E-state index is 0.997. The third-order valence-electron chi connectivity index (χ3n) is 3.85. The highest BCUT2D eigenvalue weighted by Crippen LogP contribution is 2.38. The summed E-state index contributed by atoms with van der Waals surface area (Å²) in [7, 11) is 0. The van der Waals surface area contributed by atoms with E-state index in [9.17, 15) is 0 Å². The first-order chi connectivity index (χ1) is 9.83. The van der Waals surface area contributed by atoms with Crippen LogP contribution in [0, 0.1) is 0 Å². The number of halogens is 2. The molecule has 0 aliphatic heterocycles. The minimum absolute atomic E-state index is 0.997. The second-order valence-electron chi connectivity index (χ2n) is 5.04. The van der Waals surface area contributed by atoms with E-state index in [4.69, 9.17) is 0 Å². The molecule has 2 aromatic carbocycles. The standard InChI is InChI=1S/C17H17Br2N/c18-7-9-20(10-8-19)15-5-6-17-14(12-15)11-13-3-1-2-4-16(13)17/h1-6,12H,7-11H2. The van der Waals surface area contributed by atoms with Crippen molar-refractivity contribution in [1.82, 2.24) is 0 Å². The Morgan fingerprint density at radius 1 is 0.850 bits per heavy atom. The van der Waals surface area contributed by atoms with Crippen LogP contribution in [0.4, 0.5) is 5.69 Å². The van der Waals surface area contributed by atoms with Gasteiger partial charge in [-0.1, -0.05) is 62.2 Å². The Hall–Kier alpha value is -0.800. The molecule has 104 valence electrons. The third-order valence-corrected chi connectivity index (χ3v) is 4.56. The third kappa shape index (κ3) is 2.66. The molecule has 0 N–H and O–H groups in total. The lowest BCUT2D eigenvalue weighted by atomic mass is 10.1. The van der Waals surface area contributed by atoms with Crippen LogP contribution in [-0.4, -0.2) is 23.7 Å². The zero-order valence-corrected chi connectivity index (χ0v) is 14.5. The van der Waals surface area contributed by atoms with Gasteiger partial charge in [-0.3, -0.25) is 0 Å². The summed E-state index contributed by atoms with van der Waals surface area (Å²) in [6.45, 7) is 2.08. The molecule has 0 saturated heterocycles. The zero-order valence-electron chi connectivity index (χ0n) is 11.3. The van der Waals surface area contributed by atoms with E-state index >= 15 is 0 Å². The van der Waals surface area contributed by atoms with Crippen molar-refractivity contribution in [1.29, 1.82) is 0 Å². The molecule has 0 aromatic heterocycles. The van der Waals surface area contributed by atoms with Gasteiger partial charge in [-0.15, -0.1) is 0 Å². The largest absolute Gasteiger partial charge is 0.370 e. The fourth-order valence-electron chi connectivity index (χ4n) is 2.90. The summed E-state index contributed by atoms with van der Waals surface area (Å²) < 4.78 is 0. The van der Waals surface area contributed by atoms with Gasteiger partial charge in [0.2, 0.25) is 0 Å². The van der Waals surface area contributed by atoms with Crippen molar-refractivity contribution in [3.05, 3.63) is 53.6 Å². The molecule has 0 amide bonds. The second kappa shape index (κ2) is 6.31. The first-order valence-corrected chi connectivity index (χ1v) is 9.16. The van der Waals surface area contributed by atoms with Crippen molar-refractivity contribution in [3.63, 3.8) is 0 Å². The van der Waals surface area contributed by atoms with Gasteiger partial charge in [-0.2, -0.15) is 0 Å². The molecule has 0 saturated carbocycles. The van der Waals surface area contributed by atoms with E-state index in [1.807, 2.05) is 0 Å². The summed E-state index contributed by atoms with van der Waals surface area (Å²) in [5.74, 6) is 0. The Kier molecular flexibility index (Phi) is 4.47. The van der Waals surface area contributed by atoms with Crippen molar-refractivity contribution >= 4 is 37.5 Å². The normalized spacial score (nSPS) is 12.1. The van der Waals surface area contributed by atoms with Crippen molar-refractivity contribution in [2.45, 2.75) is 6.42 Å². The average molecular weight is 395 g/mol. The highest BCUT2D eigenvalue weighted by molar-refractivity contribution is 9.09. The maximum absolute atomic E-state index is 3.55. The molecule has 20 heavy (non-hydrogen) atoms. The average Bonchev–Trinajstić information content (AvgIpc) is 2.84. The fraction of sp³-hybridized carbons (Fsp3) is 0.294. The number of anilines is 1. The highest BCUT2D eigenvalue weighted by Gasteiger charge is 2.18. The molecule has 0 atom stereocenters. The maximum Gasteiger partial charge on any atom is 0.0370 e. The van der Waals surface area contributed by atoms with E-state index < -0.39 is 0 Å². The minimum Gasteiger partial charge on any atom is -0.370 e. The zero-order chi connectivity index (χ0) is 13.9. The molecule has 1 aliphatic rings. The molecule has 1 nitrogen and oxygen atoms in total. The molecular formula is C17H17Br2N. The fourth-order valence-corrected chi connectivity index (χ4v) is 3.76. The van der Waals surface area contributed by atoms with Gasteiger partial charge in [0.25, 0.3) is 0 Å². The van der Waals surface area contributed by atoms with Gasteiger partial charge in [-0.25, -0.2) is 0 Å². The van der Waals surface area contributed by atoms with E-state index in [-0.39, 0.29) is 0 Å². The number of nitrogens with zero attached hydrogens (tertiary/aromatic N) is 1. The summed E-state index contributed by atoms with van der Waals surface area (Å²) in [6.07, 6.45) is 1.07. The Balaban J connectivity index is 1.93. The highest BCUT2D eigenvalue weighted by atomic mass is 79.9. The lowest BCUT2D eigenvalue weighted by Crippen LogP contribution is -2.27. The summed E-state index contributed by atoms with van der Waals surface area (Å²) in [5.41, 5.74) is 7.05. The molecule has 0 unspecified atom stereocenters. The van der Waals surface area contributed by atoms with Gasteiger partial charge in [-0.05, 0) is 40.8 Å². The van der Waals surface area contributed by atoms with Gasteiger partial charge in [0.05, 0.1) is 0 Å². The van der Waals surface area contributed by atoms with E-state index in [1.165, 1.54) is 27.9 Å². The second-order valence-corrected chi connectivity index (χ2v) is 6.63. The summed E-state index contributed by atoms with van der Waals surface area (Å²) in [4.78, 5) is 2.42. The van der Waals surface area contributed by atoms with E-state index in [2.05, 4.69) is 79.2 Å². The topological polar surface area (TPSA) is 3.24 Å². The van der Waals surface area contributed by atoms with Gasteiger partial charge in [0.15, 0.2) is 0 Å². The van der Waals surface area contributed by atoms with Crippen molar-refractivity contribution in [2.24, 2.45) is 0 Å². The molecule has 0 bridgehead atoms. The number of hydrogen-bond acceptors (Lipinski definition) is 1. The van der Waals surface area contributed by atoms with E-state index in [1.54, 1.807) is 0 Å². The van der Waals surface area contributed by atoms with Crippen molar-refractivity contribution in [3.8, 4) is 11.1 Å². The lowest BCUT2D eigenvalue weighted by molar-refractivity contribution is 0.884. The van der Waals surface area contributed by atoms with E-state index in [0.717, 1.165) is 30.2 Å². The molecule has 0 radical (unpaired) electrons. The predicted octanol–water partition coefficient (Wildman–Crippen LogP) is 4.85. The Morgan fingerprint density at radius 3 is 2.30 bits per heavy atom. The smallest absolute Gasteiger partial charge is 0.0370 e. The summed E-state index contributed by atoms with van der Waals surface area (Å²) in [6, 6.07) is 15.6. The lowest BCUT2D eigenvalue weighted by Gasteiger charge is -2.23. The SMILES string of the molecule is BrCCN(CCBr)c1ccc2c(c1)Cc1ccccc1-2. The van der Waals surface area contributed by atoms with Crippen LogP contribution in [0.1, 0.15) is 11.1 Å². The molecule has 0 fully saturated rings. The molecule has 2 aromatic rings. The summed E-state index contributed by atoms with van der Waals surface area (Å²) in [5, 5.41) is 1.99. The van der Waals surface area contributed by atoms with Gasteiger partial charge in [0, 0.05) is 29.4 Å². The van der Waals surface area contributed by atoms with Crippen LogP contribution in [0.15, 0.2) is 42.5 Å². The molecule has 0 spiro atoms. The first-order valence-electron chi connectivity index (χ1n) is 6.91. The molecule has 3 heteroatoms. The van der Waals surface area contributed by atoms with Crippen LogP contribution in [0.2, 0.25) is 0 Å². The van der Waals surface area contributed by atoms with Crippen LogP contribution >= 0.6 is 31.9 Å². The quantitative estimate of drug-likeness (QED) is 0.559. The Morgan fingerprint density at radius 2 is 1.55 bits per heavy atom. The first kappa shape index (κ1) is 14.2. The summed E-state index contributed by atoms with van der Waals surface area (Å²) >= 11 is 7.09. The molecule has 1 aliphatic carbocycles. The van der Waals surface area contributed by atoms with Crippen molar-refractivity contribution in [2.75, 3.05) is 28.6 Å². The van der Waals surface area contributed by atoms with Crippen molar-refractivity contribution < 1.29 is 0 Å².